The van der Waals surface area contributed by atoms with Gasteiger partial charge >= 0.3 is 0 Å². The molecule has 0 radical (unpaired) electrons. The summed E-state index contributed by atoms with van der Waals surface area (Å²) in [5.74, 6) is -0.188. The first-order valence-corrected chi connectivity index (χ1v) is 10.4. The van der Waals surface area contributed by atoms with Gasteiger partial charge in [0.05, 0.1) is 23.8 Å². The molecular formula is C25H26N4O2. The van der Waals surface area contributed by atoms with Crippen molar-refractivity contribution in [3.05, 3.63) is 88.9 Å². The molecule has 0 spiro atoms. The molecule has 158 valence electrons. The lowest BCUT2D eigenvalue weighted by molar-refractivity contribution is -0.130. The van der Waals surface area contributed by atoms with Crippen molar-refractivity contribution in [1.82, 2.24) is 20.0 Å². The Morgan fingerprint density at radius 2 is 1.74 bits per heavy atom. The van der Waals surface area contributed by atoms with Crippen LogP contribution in [0.25, 0.3) is 11.8 Å². The van der Waals surface area contributed by atoms with E-state index in [2.05, 4.69) is 10.4 Å². The van der Waals surface area contributed by atoms with Gasteiger partial charge in [0.15, 0.2) is 0 Å². The molecule has 4 rings (SSSR count). The van der Waals surface area contributed by atoms with E-state index in [-0.39, 0.29) is 24.3 Å². The molecule has 1 atom stereocenters. The molecule has 1 aromatic heterocycles. The molecule has 0 saturated carbocycles. The number of hydrogen-bond acceptors (Lipinski definition) is 3. The summed E-state index contributed by atoms with van der Waals surface area (Å²) in [7, 11) is 0. The lowest BCUT2D eigenvalue weighted by atomic mass is 9.93. The number of aromatic nitrogens is 2. The number of fused-ring (bicyclic) bond motifs is 1. The van der Waals surface area contributed by atoms with Crippen molar-refractivity contribution >= 4 is 17.9 Å². The molecule has 1 aliphatic heterocycles. The molecule has 0 unspecified atom stereocenters. The minimum Gasteiger partial charge on any atom is -0.352 e. The molecule has 0 aliphatic carbocycles. The molecule has 0 bridgehead atoms. The van der Waals surface area contributed by atoms with Gasteiger partial charge in [-0.3, -0.25) is 9.59 Å². The minimum absolute atomic E-state index is 0.0839. The fourth-order valence-electron chi connectivity index (χ4n) is 4.10. The third-order valence-corrected chi connectivity index (χ3v) is 5.75. The number of benzene rings is 2. The van der Waals surface area contributed by atoms with Crippen LogP contribution in [-0.2, 0) is 16.1 Å². The summed E-state index contributed by atoms with van der Waals surface area (Å²) >= 11 is 0. The Hall–Kier alpha value is -3.67. The van der Waals surface area contributed by atoms with Gasteiger partial charge in [-0.15, -0.1) is 0 Å². The molecule has 2 heterocycles. The normalized spacial score (nSPS) is 14.9. The highest BCUT2D eigenvalue weighted by molar-refractivity contribution is 5.81. The lowest BCUT2D eigenvalue weighted by Crippen LogP contribution is -2.35. The SMILES string of the molecule is CC(=O)N1C=Cc2ccccc2[C@@H]1CC(=O)NCc1c(C)nn(-c2ccccc2)c1C. The Labute approximate surface area is 182 Å². The van der Waals surface area contributed by atoms with E-state index >= 15 is 0 Å². The molecule has 31 heavy (non-hydrogen) atoms. The quantitative estimate of drug-likeness (QED) is 0.684. The van der Waals surface area contributed by atoms with E-state index < -0.39 is 0 Å². The molecular weight excluding hydrogens is 388 g/mol. The summed E-state index contributed by atoms with van der Waals surface area (Å²) in [6.07, 6.45) is 3.88. The minimum atomic E-state index is -0.312. The van der Waals surface area contributed by atoms with Gasteiger partial charge in [-0.2, -0.15) is 5.10 Å². The first-order chi connectivity index (χ1) is 15.0. The van der Waals surface area contributed by atoms with E-state index in [4.69, 9.17) is 0 Å². The second kappa shape index (κ2) is 8.60. The summed E-state index contributed by atoms with van der Waals surface area (Å²) < 4.78 is 1.90. The topological polar surface area (TPSA) is 67.2 Å². The summed E-state index contributed by atoms with van der Waals surface area (Å²) in [6, 6.07) is 17.5. The standard InChI is InChI=1S/C25H26N4O2/c1-17-23(18(2)29(27-17)21-10-5-4-6-11-21)16-26-25(31)15-24-22-12-8-7-9-20(22)13-14-28(24)19(3)30/h4-14,24H,15-16H2,1-3H3,(H,26,31)/t24-/m0/s1. The monoisotopic (exact) mass is 414 g/mol. The first kappa shape index (κ1) is 20.6. The van der Waals surface area contributed by atoms with E-state index in [1.54, 1.807) is 11.1 Å². The second-order valence-corrected chi connectivity index (χ2v) is 7.76. The van der Waals surface area contributed by atoms with Crippen LogP contribution in [0.15, 0.2) is 60.8 Å². The van der Waals surface area contributed by atoms with Crippen molar-refractivity contribution in [3.8, 4) is 5.69 Å². The maximum absolute atomic E-state index is 12.9. The number of amides is 2. The van der Waals surface area contributed by atoms with Crippen LogP contribution in [0.1, 0.15) is 47.5 Å². The Kier molecular flexibility index (Phi) is 5.71. The van der Waals surface area contributed by atoms with Crippen molar-refractivity contribution in [2.45, 2.75) is 39.8 Å². The average molecular weight is 415 g/mol. The maximum atomic E-state index is 12.9. The van der Waals surface area contributed by atoms with Gasteiger partial charge in [0, 0.05) is 30.9 Å². The zero-order valence-electron chi connectivity index (χ0n) is 18.0. The Morgan fingerprint density at radius 1 is 1.03 bits per heavy atom. The summed E-state index contributed by atoms with van der Waals surface area (Å²) in [5.41, 5.74) is 5.90. The molecule has 0 saturated heterocycles. The highest BCUT2D eigenvalue weighted by Gasteiger charge is 2.28. The Balaban J connectivity index is 1.49. The predicted molar refractivity (Wildman–Crippen MR) is 120 cm³/mol. The van der Waals surface area contributed by atoms with Gasteiger partial charge in [0.25, 0.3) is 0 Å². The smallest absolute Gasteiger partial charge is 0.223 e. The van der Waals surface area contributed by atoms with Crippen LogP contribution in [0.2, 0.25) is 0 Å². The molecule has 0 fully saturated rings. The molecule has 2 amide bonds. The number of para-hydroxylation sites is 1. The van der Waals surface area contributed by atoms with Crippen molar-refractivity contribution in [3.63, 3.8) is 0 Å². The van der Waals surface area contributed by atoms with Crippen LogP contribution in [0.5, 0.6) is 0 Å². The Bertz CT molecular complexity index is 1150. The summed E-state index contributed by atoms with van der Waals surface area (Å²) in [4.78, 5) is 26.6. The van der Waals surface area contributed by atoms with Gasteiger partial charge in [0.1, 0.15) is 0 Å². The third-order valence-electron chi connectivity index (χ3n) is 5.75. The molecule has 6 nitrogen and oxygen atoms in total. The van der Waals surface area contributed by atoms with Gasteiger partial charge in [-0.05, 0) is 43.2 Å². The molecule has 1 aliphatic rings. The van der Waals surface area contributed by atoms with Crippen LogP contribution in [0.3, 0.4) is 0 Å². The van der Waals surface area contributed by atoms with E-state index in [0.29, 0.717) is 6.54 Å². The van der Waals surface area contributed by atoms with E-state index in [9.17, 15) is 9.59 Å². The molecule has 2 aromatic carbocycles. The zero-order chi connectivity index (χ0) is 22.0. The van der Waals surface area contributed by atoms with Crippen LogP contribution in [-0.4, -0.2) is 26.5 Å². The predicted octanol–water partition coefficient (Wildman–Crippen LogP) is 4.07. The highest BCUT2D eigenvalue weighted by atomic mass is 16.2. The second-order valence-electron chi connectivity index (χ2n) is 7.76. The number of nitrogens with one attached hydrogen (secondary N) is 1. The first-order valence-electron chi connectivity index (χ1n) is 10.4. The summed E-state index contributed by atoms with van der Waals surface area (Å²) in [6.45, 7) is 5.88. The van der Waals surface area contributed by atoms with Gasteiger partial charge < -0.3 is 10.2 Å². The maximum Gasteiger partial charge on any atom is 0.223 e. The van der Waals surface area contributed by atoms with Crippen LogP contribution >= 0.6 is 0 Å². The number of rotatable bonds is 5. The summed E-state index contributed by atoms with van der Waals surface area (Å²) in [5, 5.41) is 7.67. The highest BCUT2D eigenvalue weighted by Crippen LogP contribution is 2.32. The van der Waals surface area contributed by atoms with Gasteiger partial charge in [0.2, 0.25) is 11.8 Å². The fraction of sp³-hybridized carbons (Fsp3) is 0.240. The number of carbonyl (C=O) groups is 2. The molecule has 3 aromatic rings. The van der Waals surface area contributed by atoms with E-state index in [0.717, 1.165) is 33.8 Å². The van der Waals surface area contributed by atoms with Gasteiger partial charge in [-0.25, -0.2) is 4.68 Å². The van der Waals surface area contributed by atoms with Crippen LogP contribution in [0, 0.1) is 13.8 Å². The number of aryl methyl sites for hydroxylation is 1. The molecule has 6 heteroatoms. The largest absolute Gasteiger partial charge is 0.352 e. The van der Waals surface area contributed by atoms with Crippen molar-refractivity contribution in [2.75, 3.05) is 0 Å². The average Bonchev–Trinajstić information content (AvgIpc) is 3.06. The van der Waals surface area contributed by atoms with Crippen LogP contribution in [0.4, 0.5) is 0 Å². The lowest BCUT2D eigenvalue weighted by Gasteiger charge is -2.32. The number of nitrogens with zero attached hydrogens (tertiary/aromatic N) is 3. The number of carbonyl (C=O) groups excluding carboxylic acids is 2. The number of hydrogen-bond donors (Lipinski definition) is 1. The van der Waals surface area contributed by atoms with Gasteiger partial charge in [-0.1, -0.05) is 42.5 Å². The Morgan fingerprint density at radius 3 is 2.48 bits per heavy atom. The van der Waals surface area contributed by atoms with Crippen molar-refractivity contribution in [1.29, 1.82) is 0 Å². The van der Waals surface area contributed by atoms with E-state index in [1.807, 2.05) is 79.2 Å². The van der Waals surface area contributed by atoms with E-state index in [1.165, 1.54) is 6.92 Å². The third kappa shape index (κ3) is 4.14. The fourth-order valence-corrected chi connectivity index (χ4v) is 4.10. The van der Waals surface area contributed by atoms with Crippen LogP contribution < -0.4 is 5.32 Å². The van der Waals surface area contributed by atoms with Crippen molar-refractivity contribution in [2.24, 2.45) is 0 Å². The molecule has 1 N–H and O–H groups in total. The zero-order valence-corrected chi connectivity index (χ0v) is 18.0. The van der Waals surface area contributed by atoms with Crippen molar-refractivity contribution < 1.29 is 9.59 Å².